The lowest BCUT2D eigenvalue weighted by atomic mass is 10.1. The van der Waals surface area contributed by atoms with E-state index in [1.165, 1.54) is 22.8 Å². The molecule has 0 aliphatic rings. The highest BCUT2D eigenvalue weighted by atomic mass is 19.3. The molecule has 0 amide bonds. The molecule has 0 aliphatic carbocycles. The zero-order valence-corrected chi connectivity index (χ0v) is 13.3. The highest BCUT2D eigenvalue weighted by molar-refractivity contribution is 5.66. The first kappa shape index (κ1) is 16.1. The second-order valence-corrected chi connectivity index (χ2v) is 5.63. The first-order chi connectivity index (χ1) is 11.5. The molecular formula is C18H16F2N2O2. The highest BCUT2D eigenvalue weighted by Gasteiger charge is 2.13. The molecule has 24 heavy (non-hydrogen) atoms. The van der Waals surface area contributed by atoms with Crippen molar-refractivity contribution < 1.29 is 13.3 Å². The van der Waals surface area contributed by atoms with E-state index < -0.39 is 6.43 Å². The van der Waals surface area contributed by atoms with E-state index in [2.05, 4.69) is 5.16 Å². The standard InChI is InChI=1S/C18H16F2N2O2/c1-11-17(12(2)24-21-11)15-6-7-16(23)22(10-15)9-13-4-3-5-14(8-13)18(19)20/h3-8,10,18H,9H2,1-2H3. The van der Waals surface area contributed by atoms with Gasteiger partial charge in [0.15, 0.2) is 0 Å². The van der Waals surface area contributed by atoms with E-state index in [-0.39, 0.29) is 17.7 Å². The molecule has 0 bridgehead atoms. The lowest BCUT2D eigenvalue weighted by Crippen LogP contribution is -2.19. The molecule has 0 unspecified atom stereocenters. The van der Waals surface area contributed by atoms with E-state index in [1.807, 2.05) is 6.92 Å². The predicted molar refractivity (Wildman–Crippen MR) is 86.2 cm³/mol. The van der Waals surface area contributed by atoms with Crippen molar-refractivity contribution in [2.75, 3.05) is 0 Å². The Kier molecular flexibility index (Phi) is 4.29. The molecule has 3 rings (SSSR count). The number of alkyl halides is 2. The van der Waals surface area contributed by atoms with Crippen molar-refractivity contribution >= 4 is 0 Å². The Bertz CT molecular complexity index is 909. The van der Waals surface area contributed by atoms with Crippen LogP contribution in [0.25, 0.3) is 11.1 Å². The highest BCUT2D eigenvalue weighted by Crippen LogP contribution is 2.26. The van der Waals surface area contributed by atoms with Crippen molar-refractivity contribution in [1.82, 2.24) is 9.72 Å². The summed E-state index contributed by atoms with van der Waals surface area (Å²) < 4.78 is 32.3. The molecule has 4 nitrogen and oxygen atoms in total. The summed E-state index contributed by atoms with van der Waals surface area (Å²) in [5, 5.41) is 3.91. The minimum Gasteiger partial charge on any atom is -0.361 e. The molecule has 124 valence electrons. The molecular weight excluding hydrogens is 314 g/mol. The SMILES string of the molecule is Cc1noc(C)c1-c1ccc(=O)n(Cc2cccc(C(F)F)c2)c1. The van der Waals surface area contributed by atoms with Crippen molar-refractivity contribution in [3.05, 3.63) is 75.5 Å². The van der Waals surface area contributed by atoms with Gasteiger partial charge in [-0.2, -0.15) is 0 Å². The Morgan fingerprint density at radius 2 is 2.00 bits per heavy atom. The predicted octanol–water partition coefficient (Wildman–Crippen LogP) is 4.11. The van der Waals surface area contributed by atoms with E-state index in [1.54, 1.807) is 31.3 Å². The Morgan fingerprint density at radius 3 is 2.67 bits per heavy atom. The van der Waals surface area contributed by atoms with Gasteiger partial charge >= 0.3 is 0 Å². The average Bonchev–Trinajstić information content (AvgIpc) is 2.89. The van der Waals surface area contributed by atoms with Crippen LogP contribution >= 0.6 is 0 Å². The minimum absolute atomic E-state index is 0.0533. The topological polar surface area (TPSA) is 48.0 Å². The van der Waals surface area contributed by atoms with Crippen LogP contribution in [-0.2, 0) is 6.54 Å². The number of nitrogens with zero attached hydrogens (tertiary/aromatic N) is 2. The summed E-state index contributed by atoms with van der Waals surface area (Å²) in [6, 6.07) is 9.25. The smallest absolute Gasteiger partial charge is 0.263 e. The summed E-state index contributed by atoms with van der Waals surface area (Å²) >= 11 is 0. The van der Waals surface area contributed by atoms with Gasteiger partial charge in [0.2, 0.25) is 0 Å². The zero-order valence-electron chi connectivity index (χ0n) is 13.3. The number of halogens is 2. The van der Waals surface area contributed by atoms with Gasteiger partial charge in [0.1, 0.15) is 5.76 Å². The zero-order chi connectivity index (χ0) is 17.3. The largest absolute Gasteiger partial charge is 0.361 e. The van der Waals surface area contributed by atoms with Crippen LogP contribution in [0.2, 0.25) is 0 Å². The van der Waals surface area contributed by atoms with Gasteiger partial charge in [-0.15, -0.1) is 0 Å². The summed E-state index contributed by atoms with van der Waals surface area (Å²) in [5.41, 5.74) is 2.76. The fourth-order valence-corrected chi connectivity index (χ4v) is 2.72. The molecule has 0 saturated carbocycles. The second kappa shape index (κ2) is 6.39. The fraction of sp³-hybridized carbons (Fsp3) is 0.222. The van der Waals surface area contributed by atoms with Crippen LogP contribution < -0.4 is 5.56 Å². The quantitative estimate of drug-likeness (QED) is 0.723. The Morgan fingerprint density at radius 1 is 1.21 bits per heavy atom. The lowest BCUT2D eigenvalue weighted by molar-refractivity contribution is 0.151. The first-order valence-corrected chi connectivity index (χ1v) is 7.46. The fourth-order valence-electron chi connectivity index (χ4n) is 2.72. The van der Waals surface area contributed by atoms with Crippen LogP contribution in [0.5, 0.6) is 0 Å². The van der Waals surface area contributed by atoms with E-state index >= 15 is 0 Å². The third-order valence-electron chi connectivity index (χ3n) is 3.86. The molecule has 0 N–H and O–H groups in total. The molecule has 0 aliphatic heterocycles. The number of aryl methyl sites for hydroxylation is 2. The van der Waals surface area contributed by atoms with E-state index in [0.29, 0.717) is 11.3 Å². The molecule has 2 aromatic heterocycles. The third kappa shape index (κ3) is 3.13. The summed E-state index contributed by atoms with van der Waals surface area (Å²) in [4.78, 5) is 12.1. The molecule has 0 radical (unpaired) electrons. The molecule has 0 saturated heterocycles. The van der Waals surface area contributed by atoms with Gasteiger partial charge in [0, 0.05) is 29.0 Å². The van der Waals surface area contributed by atoms with Crippen molar-refractivity contribution in [3.63, 3.8) is 0 Å². The van der Waals surface area contributed by atoms with Gasteiger partial charge in [-0.3, -0.25) is 4.79 Å². The monoisotopic (exact) mass is 330 g/mol. The number of benzene rings is 1. The maximum absolute atomic E-state index is 12.8. The molecule has 0 atom stereocenters. The second-order valence-electron chi connectivity index (χ2n) is 5.63. The van der Waals surface area contributed by atoms with Gasteiger partial charge < -0.3 is 9.09 Å². The number of hydrogen-bond donors (Lipinski definition) is 0. The van der Waals surface area contributed by atoms with E-state index in [0.717, 1.165) is 16.8 Å². The van der Waals surface area contributed by atoms with Gasteiger partial charge in [-0.25, -0.2) is 8.78 Å². The van der Waals surface area contributed by atoms with Crippen LogP contribution in [0.1, 0.15) is 29.0 Å². The maximum atomic E-state index is 12.8. The summed E-state index contributed by atoms with van der Waals surface area (Å²) in [6.45, 7) is 3.85. The van der Waals surface area contributed by atoms with Crippen LogP contribution in [0.4, 0.5) is 8.78 Å². The summed E-state index contributed by atoms with van der Waals surface area (Å²) in [7, 11) is 0. The van der Waals surface area contributed by atoms with Crippen molar-refractivity contribution in [2.45, 2.75) is 26.8 Å². The third-order valence-corrected chi connectivity index (χ3v) is 3.86. The normalized spacial score (nSPS) is 11.2. The number of aromatic nitrogens is 2. The summed E-state index contributed by atoms with van der Waals surface area (Å²) in [6.07, 6.45) is -0.834. The summed E-state index contributed by atoms with van der Waals surface area (Å²) in [5.74, 6) is 0.664. The maximum Gasteiger partial charge on any atom is 0.263 e. The van der Waals surface area contributed by atoms with Gasteiger partial charge in [0.05, 0.1) is 12.2 Å². The van der Waals surface area contributed by atoms with Crippen molar-refractivity contribution in [3.8, 4) is 11.1 Å². The number of rotatable bonds is 4. The van der Waals surface area contributed by atoms with E-state index in [9.17, 15) is 13.6 Å². The van der Waals surface area contributed by atoms with Crippen LogP contribution in [-0.4, -0.2) is 9.72 Å². The first-order valence-electron chi connectivity index (χ1n) is 7.46. The Hall–Kier alpha value is -2.76. The average molecular weight is 330 g/mol. The Balaban J connectivity index is 1.99. The molecule has 0 fully saturated rings. The number of pyridine rings is 1. The minimum atomic E-state index is -2.53. The Labute approximate surface area is 137 Å². The molecule has 1 aromatic carbocycles. The van der Waals surface area contributed by atoms with Crippen molar-refractivity contribution in [1.29, 1.82) is 0 Å². The van der Waals surface area contributed by atoms with E-state index in [4.69, 9.17) is 4.52 Å². The molecule has 6 heteroatoms. The molecule has 0 spiro atoms. The molecule has 3 aromatic rings. The van der Waals surface area contributed by atoms with Crippen LogP contribution in [0.3, 0.4) is 0 Å². The van der Waals surface area contributed by atoms with Crippen LogP contribution in [0, 0.1) is 13.8 Å². The van der Waals surface area contributed by atoms with Gasteiger partial charge in [-0.1, -0.05) is 23.4 Å². The molecule has 2 heterocycles. The number of hydrogen-bond acceptors (Lipinski definition) is 3. The van der Waals surface area contributed by atoms with Crippen molar-refractivity contribution in [2.24, 2.45) is 0 Å². The lowest BCUT2D eigenvalue weighted by Gasteiger charge is -2.10. The van der Waals surface area contributed by atoms with Gasteiger partial charge in [0.25, 0.3) is 12.0 Å². The van der Waals surface area contributed by atoms with Gasteiger partial charge in [-0.05, 0) is 31.5 Å². The van der Waals surface area contributed by atoms with Crippen LogP contribution in [0.15, 0.2) is 51.9 Å².